The number of ketones is 1. The molecule has 20 heavy (non-hydrogen) atoms. The van der Waals surface area contributed by atoms with Crippen molar-refractivity contribution in [1.82, 2.24) is 4.90 Å². The molecule has 0 aromatic heterocycles. The van der Waals surface area contributed by atoms with Gasteiger partial charge in [-0.2, -0.15) is 0 Å². The summed E-state index contributed by atoms with van der Waals surface area (Å²) in [6.07, 6.45) is 4.30. The highest BCUT2D eigenvalue weighted by molar-refractivity contribution is 5.84. The van der Waals surface area contributed by atoms with Crippen molar-refractivity contribution in [2.75, 3.05) is 13.1 Å². The molecule has 2 atom stereocenters. The number of piperidine rings is 1. The standard InChI is InChI=1S/C18H27NO/c1-3-8-16-13-19(12-15-10-6-5-7-11-15)14-17(9-4-2)18(16)20/h5-7,10-11,16-17H,3-4,8-9,12-14H2,1-2H3. The summed E-state index contributed by atoms with van der Waals surface area (Å²) in [6, 6.07) is 10.6. The Labute approximate surface area is 123 Å². The molecule has 0 amide bonds. The Bertz CT molecular complexity index is 397. The first kappa shape index (κ1) is 15.2. The SMILES string of the molecule is CCCC1CN(Cc2ccccc2)CC(CCC)C1=O. The van der Waals surface area contributed by atoms with E-state index in [1.807, 2.05) is 0 Å². The molecule has 0 aliphatic carbocycles. The zero-order chi connectivity index (χ0) is 14.4. The first-order chi connectivity index (χ1) is 9.74. The van der Waals surface area contributed by atoms with Gasteiger partial charge in [-0.15, -0.1) is 0 Å². The third-order valence-electron chi connectivity index (χ3n) is 4.29. The van der Waals surface area contributed by atoms with E-state index >= 15 is 0 Å². The molecule has 0 radical (unpaired) electrons. The number of nitrogens with zero attached hydrogens (tertiary/aromatic N) is 1. The first-order valence-electron chi connectivity index (χ1n) is 8.04. The van der Waals surface area contributed by atoms with E-state index in [1.165, 1.54) is 5.56 Å². The molecule has 1 aromatic carbocycles. The van der Waals surface area contributed by atoms with Crippen LogP contribution in [0.3, 0.4) is 0 Å². The predicted octanol–water partition coefficient (Wildman–Crippen LogP) is 3.90. The molecule has 110 valence electrons. The number of carbonyl (C=O) groups excluding carboxylic acids is 1. The molecule has 1 aromatic rings. The minimum Gasteiger partial charge on any atom is -0.299 e. The molecule has 1 aliphatic heterocycles. The molecule has 0 saturated carbocycles. The van der Waals surface area contributed by atoms with E-state index in [2.05, 4.69) is 49.1 Å². The van der Waals surface area contributed by atoms with Gasteiger partial charge in [0.1, 0.15) is 5.78 Å². The molecular weight excluding hydrogens is 246 g/mol. The maximum Gasteiger partial charge on any atom is 0.141 e. The number of Topliss-reactive ketones (excluding diaryl/α,β-unsaturated/α-hetero) is 1. The highest BCUT2D eigenvalue weighted by atomic mass is 16.1. The highest BCUT2D eigenvalue weighted by Gasteiger charge is 2.33. The summed E-state index contributed by atoms with van der Waals surface area (Å²) >= 11 is 0. The van der Waals surface area contributed by atoms with E-state index in [9.17, 15) is 4.79 Å². The summed E-state index contributed by atoms with van der Waals surface area (Å²) in [5.74, 6) is 1.04. The minimum absolute atomic E-state index is 0.258. The number of likely N-dealkylation sites (tertiary alicyclic amines) is 1. The van der Waals surface area contributed by atoms with Gasteiger partial charge in [0.05, 0.1) is 0 Å². The topological polar surface area (TPSA) is 20.3 Å². The zero-order valence-corrected chi connectivity index (χ0v) is 12.8. The molecule has 0 N–H and O–H groups in total. The lowest BCUT2D eigenvalue weighted by molar-refractivity contribution is -0.132. The summed E-state index contributed by atoms with van der Waals surface area (Å²) in [5.41, 5.74) is 1.35. The van der Waals surface area contributed by atoms with Gasteiger partial charge < -0.3 is 0 Å². The highest BCUT2D eigenvalue weighted by Crippen LogP contribution is 2.26. The lowest BCUT2D eigenvalue weighted by Crippen LogP contribution is -2.46. The van der Waals surface area contributed by atoms with Gasteiger partial charge in [0.25, 0.3) is 0 Å². The Morgan fingerprint density at radius 1 is 1.00 bits per heavy atom. The van der Waals surface area contributed by atoms with Crippen LogP contribution in [0.5, 0.6) is 0 Å². The van der Waals surface area contributed by atoms with E-state index in [-0.39, 0.29) is 11.8 Å². The Morgan fingerprint density at radius 3 is 2.05 bits per heavy atom. The average Bonchev–Trinajstić information content (AvgIpc) is 2.45. The van der Waals surface area contributed by atoms with Crippen molar-refractivity contribution in [2.24, 2.45) is 11.8 Å². The van der Waals surface area contributed by atoms with Crippen LogP contribution < -0.4 is 0 Å². The molecule has 1 saturated heterocycles. The lowest BCUT2D eigenvalue weighted by Gasteiger charge is -2.36. The fourth-order valence-corrected chi connectivity index (χ4v) is 3.35. The second-order valence-electron chi connectivity index (χ2n) is 6.05. The van der Waals surface area contributed by atoms with Crippen LogP contribution in [0, 0.1) is 11.8 Å². The minimum atomic E-state index is 0.258. The van der Waals surface area contributed by atoms with Crippen LogP contribution in [-0.2, 0) is 11.3 Å². The van der Waals surface area contributed by atoms with Crippen molar-refractivity contribution in [3.8, 4) is 0 Å². The zero-order valence-electron chi connectivity index (χ0n) is 12.8. The predicted molar refractivity (Wildman–Crippen MR) is 83.5 cm³/mol. The Hall–Kier alpha value is -1.15. The van der Waals surface area contributed by atoms with E-state index in [0.29, 0.717) is 5.78 Å². The molecule has 0 bridgehead atoms. The fraction of sp³-hybridized carbons (Fsp3) is 0.611. The quantitative estimate of drug-likeness (QED) is 0.783. The Kier molecular flexibility index (Phi) is 5.78. The van der Waals surface area contributed by atoms with E-state index < -0.39 is 0 Å². The van der Waals surface area contributed by atoms with Crippen LogP contribution in [0.1, 0.15) is 45.1 Å². The van der Waals surface area contributed by atoms with Gasteiger partial charge in [-0.1, -0.05) is 57.0 Å². The number of hydrogen-bond acceptors (Lipinski definition) is 2. The van der Waals surface area contributed by atoms with E-state index in [0.717, 1.165) is 45.3 Å². The molecule has 2 rings (SSSR count). The second kappa shape index (κ2) is 7.58. The monoisotopic (exact) mass is 273 g/mol. The lowest BCUT2D eigenvalue weighted by atomic mass is 9.82. The third kappa shape index (κ3) is 3.92. The van der Waals surface area contributed by atoms with Crippen molar-refractivity contribution in [3.63, 3.8) is 0 Å². The number of hydrogen-bond donors (Lipinski definition) is 0. The molecular formula is C18H27NO. The number of rotatable bonds is 6. The van der Waals surface area contributed by atoms with Crippen molar-refractivity contribution in [2.45, 2.75) is 46.1 Å². The van der Waals surface area contributed by atoms with Crippen LogP contribution >= 0.6 is 0 Å². The molecule has 2 heteroatoms. The van der Waals surface area contributed by atoms with Crippen molar-refractivity contribution >= 4 is 5.78 Å². The van der Waals surface area contributed by atoms with Crippen LogP contribution in [0.4, 0.5) is 0 Å². The second-order valence-corrected chi connectivity index (χ2v) is 6.05. The van der Waals surface area contributed by atoms with Gasteiger partial charge in [0.15, 0.2) is 0 Å². The third-order valence-corrected chi connectivity index (χ3v) is 4.29. The molecule has 2 nitrogen and oxygen atoms in total. The van der Waals surface area contributed by atoms with Crippen molar-refractivity contribution in [3.05, 3.63) is 35.9 Å². The summed E-state index contributed by atoms with van der Waals surface area (Å²) in [7, 11) is 0. The van der Waals surface area contributed by atoms with E-state index in [4.69, 9.17) is 0 Å². The Balaban J connectivity index is 2.03. The summed E-state index contributed by atoms with van der Waals surface area (Å²) in [5, 5.41) is 0. The molecule has 1 fully saturated rings. The molecule has 2 unspecified atom stereocenters. The van der Waals surface area contributed by atoms with Crippen molar-refractivity contribution in [1.29, 1.82) is 0 Å². The summed E-state index contributed by atoms with van der Waals surface area (Å²) in [4.78, 5) is 15.0. The number of benzene rings is 1. The van der Waals surface area contributed by atoms with Gasteiger partial charge in [0.2, 0.25) is 0 Å². The summed E-state index contributed by atoms with van der Waals surface area (Å²) in [6.45, 7) is 7.23. The Morgan fingerprint density at radius 2 is 1.55 bits per heavy atom. The van der Waals surface area contributed by atoms with Gasteiger partial charge in [-0.3, -0.25) is 9.69 Å². The van der Waals surface area contributed by atoms with Gasteiger partial charge in [-0.25, -0.2) is 0 Å². The van der Waals surface area contributed by atoms with Crippen LogP contribution in [0.25, 0.3) is 0 Å². The van der Waals surface area contributed by atoms with Crippen molar-refractivity contribution < 1.29 is 4.79 Å². The first-order valence-corrected chi connectivity index (χ1v) is 8.04. The smallest absolute Gasteiger partial charge is 0.141 e. The van der Waals surface area contributed by atoms with Gasteiger partial charge >= 0.3 is 0 Å². The maximum atomic E-state index is 12.5. The molecule has 1 heterocycles. The van der Waals surface area contributed by atoms with Gasteiger partial charge in [0, 0.05) is 31.5 Å². The van der Waals surface area contributed by atoms with Crippen LogP contribution in [0.2, 0.25) is 0 Å². The van der Waals surface area contributed by atoms with Crippen LogP contribution in [0.15, 0.2) is 30.3 Å². The average molecular weight is 273 g/mol. The molecule has 1 aliphatic rings. The van der Waals surface area contributed by atoms with Gasteiger partial charge in [-0.05, 0) is 18.4 Å². The normalized spacial score (nSPS) is 24.0. The fourth-order valence-electron chi connectivity index (χ4n) is 3.35. The maximum absolute atomic E-state index is 12.5. The van der Waals surface area contributed by atoms with E-state index in [1.54, 1.807) is 0 Å². The molecule has 0 spiro atoms. The largest absolute Gasteiger partial charge is 0.299 e. The summed E-state index contributed by atoms with van der Waals surface area (Å²) < 4.78 is 0. The number of carbonyl (C=O) groups is 1. The van der Waals surface area contributed by atoms with Crippen LogP contribution in [-0.4, -0.2) is 23.8 Å².